The maximum Gasteiger partial charge on any atom is 0.264 e. The Morgan fingerprint density at radius 3 is 2.65 bits per heavy atom. The molecule has 1 aromatic carbocycles. The second-order valence-corrected chi connectivity index (χ2v) is 6.16. The summed E-state index contributed by atoms with van der Waals surface area (Å²) in [4.78, 5) is 3.46. The first-order chi connectivity index (χ1) is 9.29. The largest absolute Gasteiger partial charge is 0.398 e. The standard InChI is InChI=1S/C12H11ClFN3O2S/c1-7-4-9(13)11(5-10(7)15)20(18,19)17-12-3-2-8(14)6-16-12/h2-6H,15H2,1H3,(H,16,17). The molecule has 1 aromatic heterocycles. The Morgan fingerprint density at radius 2 is 2.05 bits per heavy atom. The number of hydrogen-bond donors (Lipinski definition) is 2. The summed E-state index contributed by atoms with van der Waals surface area (Å²) in [5, 5.41) is 0.0475. The van der Waals surface area contributed by atoms with Gasteiger partial charge in [-0.05, 0) is 36.8 Å². The SMILES string of the molecule is Cc1cc(Cl)c(S(=O)(=O)Nc2ccc(F)cn2)cc1N. The minimum Gasteiger partial charge on any atom is -0.398 e. The monoisotopic (exact) mass is 315 g/mol. The van der Waals surface area contributed by atoms with Crippen LogP contribution in [0.2, 0.25) is 5.02 Å². The summed E-state index contributed by atoms with van der Waals surface area (Å²) in [6.07, 6.45) is 0.906. The number of benzene rings is 1. The van der Waals surface area contributed by atoms with Gasteiger partial charge in [-0.25, -0.2) is 17.8 Å². The van der Waals surface area contributed by atoms with Gasteiger partial charge in [-0.1, -0.05) is 11.6 Å². The molecule has 2 rings (SSSR count). The van der Waals surface area contributed by atoms with Gasteiger partial charge in [0.25, 0.3) is 10.0 Å². The van der Waals surface area contributed by atoms with E-state index in [4.69, 9.17) is 17.3 Å². The molecule has 0 radical (unpaired) electrons. The van der Waals surface area contributed by atoms with Crippen molar-refractivity contribution in [3.05, 3.63) is 46.9 Å². The quantitative estimate of drug-likeness (QED) is 0.852. The van der Waals surface area contributed by atoms with E-state index in [-0.39, 0.29) is 15.7 Å². The predicted molar refractivity (Wildman–Crippen MR) is 75.6 cm³/mol. The molecule has 0 amide bonds. The van der Waals surface area contributed by atoms with Gasteiger partial charge in [-0.2, -0.15) is 0 Å². The molecule has 0 aliphatic heterocycles. The minimum absolute atomic E-state index is 0.0124. The first-order valence-electron chi connectivity index (χ1n) is 5.49. The lowest BCUT2D eigenvalue weighted by atomic mass is 10.2. The highest BCUT2D eigenvalue weighted by Gasteiger charge is 2.20. The zero-order valence-electron chi connectivity index (χ0n) is 10.4. The topological polar surface area (TPSA) is 85.1 Å². The van der Waals surface area contributed by atoms with Crippen LogP contribution in [0.3, 0.4) is 0 Å². The Hall–Kier alpha value is -1.86. The second-order valence-electron chi connectivity index (χ2n) is 4.11. The lowest BCUT2D eigenvalue weighted by molar-refractivity contribution is 0.600. The van der Waals surface area contributed by atoms with E-state index < -0.39 is 15.8 Å². The number of anilines is 2. The average molecular weight is 316 g/mol. The number of sulfonamides is 1. The molecule has 1 heterocycles. The van der Waals surface area contributed by atoms with Crippen molar-refractivity contribution in [2.24, 2.45) is 0 Å². The van der Waals surface area contributed by atoms with E-state index in [0.717, 1.165) is 12.3 Å². The van der Waals surface area contributed by atoms with Crippen molar-refractivity contribution in [1.29, 1.82) is 0 Å². The van der Waals surface area contributed by atoms with E-state index >= 15 is 0 Å². The number of nitrogens with zero attached hydrogens (tertiary/aromatic N) is 1. The Kier molecular flexibility index (Phi) is 3.82. The Balaban J connectivity index is 2.40. The number of hydrogen-bond acceptors (Lipinski definition) is 4. The zero-order chi connectivity index (χ0) is 14.9. The normalized spacial score (nSPS) is 11.3. The van der Waals surface area contributed by atoms with Crippen molar-refractivity contribution in [3.63, 3.8) is 0 Å². The number of aromatic nitrogens is 1. The van der Waals surface area contributed by atoms with E-state index in [2.05, 4.69) is 9.71 Å². The Morgan fingerprint density at radius 1 is 1.35 bits per heavy atom. The third-order valence-corrected chi connectivity index (χ3v) is 4.40. The molecule has 2 aromatic rings. The number of nitrogens with two attached hydrogens (primary N) is 1. The van der Waals surface area contributed by atoms with Crippen LogP contribution in [-0.2, 0) is 10.0 Å². The predicted octanol–water partition coefficient (Wildman–Crippen LogP) is 2.57. The highest BCUT2D eigenvalue weighted by molar-refractivity contribution is 7.92. The van der Waals surface area contributed by atoms with Crippen LogP contribution in [-0.4, -0.2) is 13.4 Å². The Labute approximate surface area is 120 Å². The molecule has 0 saturated carbocycles. The number of halogens is 2. The van der Waals surface area contributed by atoms with Gasteiger partial charge in [-0.15, -0.1) is 0 Å². The van der Waals surface area contributed by atoms with Crippen LogP contribution in [0.4, 0.5) is 15.9 Å². The summed E-state index contributed by atoms with van der Waals surface area (Å²) < 4.78 is 39.3. The van der Waals surface area contributed by atoms with E-state index in [0.29, 0.717) is 11.3 Å². The number of aryl methyl sites for hydroxylation is 1. The highest BCUT2D eigenvalue weighted by Crippen LogP contribution is 2.27. The molecule has 0 aliphatic rings. The molecule has 0 saturated heterocycles. The van der Waals surface area contributed by atoms with E-state index in [1.165, 1.54) is 18.2 Å². The summed E-state index contributed by atoms with van der Waals surface area (Å²) in [6, 6.07) is 5.03. The smallest absolute Gasteiger partial charge is 0.264 e. The fourth-order valence-electron chi connectivity index (χ4n) is 1.50. The summed E-state index contributed by atoms with van der Waals surface area (Å²) >= 11 is 5.92. The maximum atomic E-state index is 12.7. The minimum atomic E-state index is -3.94. The summed E-state index contributed by atoms with van der Waals surface area (Å²) in [5.41, 5.74) is 6.67. The van der Waals surface area contributed by atoms with E-state index in [9.17, 15) is 12.8 Å². The van der Waals surface area contributed by atoms with Gasteiger partial charge >= 0.3 is 0 Å². The van der Waals surface area contributed by atoms with Crippen molar-refractivity contribution in [2.45, 2.75) is 11.8 Å². The van der Waals surface area contributed by atoms with Gasteiger partial charge in [0.1, 0.15) is 16.5 Å². The summed E-state index contributed by atoms with van der Waals surface area (Å²) in [6.45, 7) is 1.71. The molecule has 5 nitrogen and oxygen atoms in total. The molecular weight excluding hydrogens is 305 g/mol. The zero-order valence-corrected chi connectivity index (χ0v) is 12.0. The van der Waals surface area contributed by atoms with Crippen LogP contribution in [0.1, 0.15) is 5.56 Å². The van der Waals surface area contributed by atoms with Crippen LogP contribution in [0, 0.1) is 12.7 Å². The van der Waals surface area contributed by atoms with Crippen molar-refractivity contribution >= 4 is 33.1 Å². The number of rotatable bonds is 3. The maximum absolute atomic E-state index is 12.7. The van der Waals surface area contributed by atoms with Gasteiger partial charge in [0.2, 0.25) is 0 Å². The molecule has 0 unspecified atom stereocenters. The average Bonchev–Trinajstić information content (AvgIpc) is 2.36. The van der Waals surface area contributed by atoms with Crippen LogP contribution in [0.5, 0.6) is 0 Å². The second kappa shape index (κ2) is 5.26. The molecule has 0 atom stereocenters. The van der Waals surface area contributed by atoms with Gasteiger partial charge < -0.3 is 5.73 Å². The summed E-state index contributed by atoms with van der Waals surface area (Å²) in [5.74, 6) is -0.577. The fraction of sp³-hybridized carbons (Fsp3) is 0.0833. The van der Waals surface area contributed by atoms with Crippen LogP contribution in [0.25, 0.3) is 0 Å². The van der Waals surface area contributed by atoms with Crippen LogP contribution < -0.4 is 10.5 Å². The highest BCUT2D eigenvalue weighted by atomic mass is 35.5. The summed E-state index contributed by atoms with van der Waals surface area (Å²) in [7, 11) is -3.94. The molecule has 0 fully saturated rings. The molecule has 106 valence electrons. The molecule has 0 aliphatic carbocycles. The third kappa shape index (κ3) is 3.00. The Bertz CT molecular complexity index is 748. The van der Waals surface area contributed by atoms with E-state index in [1.54, 1.807) is 6.92 Å². The first kappa shape index (κ1) is 14.5. The van der Waals surface area contributed by atoms with Crippen molar-refractivity contribution in [2.75, 3.05) is 10.5 Å². The molecule has 20 heavy (non-hydrogen) atoms. The van der Waals surface area contributed by atoms with E-state index in [1.807, 2.05) is 0 Å². The number of nitrogen functional groups attached to an aromatic ring is 1. The van der Waals surface area contributed by atoms with Crippen molar-refractivity contribution in [3.8, 4) is 0 Å². The van der Waals surface area contributed by atoms with Crippen molar-refractivity contribution in [1.82, 2.24) is 4.98 Å². The third-order valence-electron chi connectivity index (χ3n) is 2.58. The van der Waals surface area contributed by atoms with Gasteiger partial charge in [0.15, 0.2) is 0 Å². The molecule has 8 heteroatoms. The molecule has 0 spiro atoms. The number of nitrogens with one attached hydrogen (secondary N) is 1. The molecule has 3 N–H and O–H groups in total. The molecular formula is C12H11ClFN3O2S. The lowest BCUT2D eigenvalue weighted by Crippen LogP contribution is -2.15. The van der Waals surface area contributed by atoms with Gasteiger partial charge in [0.05, 0.1) is 11.2 Å². The van der Waals surface area contributed by atoms with Gasteiger partial charge in [0, 0.05) is 5.69 Å². The van der Waals surface area contributed by atoms with Crippen molar-refractivity contribution < 1.29 is 12.8 Å². The van der Waals surface area contributed by atoms with Gasteiger partial charge in [-0.3, -0.25) is 4.72 Å². The number of pyridine rings is 1. The molecule has 0 bridgehead atoms. The van der Waals surface area contributed by atoms with Crippen LogP contribution in [0.15, 0.2) is 35.4 Å². The fourth-order valence-corrected chi connectivity index (χ4v) is 3.13. The lowest BCUT2D eigenvalue weighted by Gasteiger charge is -2.10. The first-order valence-corrected chi connectivity index (χ1v) is 7.36. The van der Waals surface area contributed by atoms with Crippen LogP contribution >= 0.6 is 11.6 Å².